The summed E-state index contributed by atoms with van der Waals surface area (Å²) in [7, 11) is 0. The number of nitrogens with zero attached hydrogens (tertiary/aromatic N) is 2. The third-order valence-electron chi connectivity index (χ3n) is 5.16. The second-order valence-corrected chi connectivity index (χ2v) is 7.02. The molecule has 1 aromatic rings. The first-order chi connectivity index (χ1) is 13.4. The summed E-state index contributed by atoms with van der Waals surface area (Å²) in [4.78, 5) is 39.1. The minimum atomic E-state index is -1.01. The standard InChI is InChI=1S/C19H22F2N2O5/c20-13-1-2-16(15(21)10-13)23-11-12(9-17(23)24)19(27)22(6-3-18(25)26)14-4-7-28-8-5-14/h1-2,10,12,14H,3-9,11H2,(H,25,26)/t12-/m0/s1. The van der Waals surface area contributed by atoms with Crippen molar-refractivity contribution in [3.8, 4) is 0 Å². The van der Waals surface area contributed by atoms with E-state index in [0.29, 0.717) is 32.1 Å². The molecule has 152 valence electrons. The van der Waals surface area contributed by atoms with Crippen LogP contribution in [0.15, 0.2) is 18.2 Å². The van der Waals surface area contributed by atoms with Gasteiger partial charge >= 0.3 is 5.97 Å². The first kappa shape index (κ1) is 20.2. The second kappa shape index (κ2) is 8.64. The number of ether oxygens (including phenoxy) is 1. The molecule has 1 atom stereocenters. The largest absolute Gasteiger partial charge is 0.481 e. The molecule has 2 heterocycles. The molecule has 0 unspecified atom stereocenters. The fraction of sp³-hybridized carbons (Fsp3) is 0.526. The van der Waals surface area contributed by atoms with Crippen molar-refractivity contribution < 1.29 is 33.0 Å². The number of hydrogen-bond donors (Lipinski definition) is 1. The van der Waals surface area contributed by atoms with Crippen LogP contribution in [0.5, 0.6) is 0 Å². The van der Waals surface area contributed by atoms with Gasteiger partial charge in [-0.2, -0.15) is 0 Å². The Kier molecular flexibility index (Phi) is 6.23. The summed E-state index contributed by atoms with van der Waals surface area (Å²) in [5.74, 6) is -4.06. The van der Waals surface area contributed by atoms with Gasteiger partial charge in [0.05, 0.1) is 18.0 Å². The Bertz CT molecular complexity index is 767. The number of carbonyl (C=O) groups excluding carboxylic acids is 2. The molecule has 2 aliphatic rings. The number of anilines is 1. The van der Waals surface area contributed by atoms with E-state index in [1.165, 1.54) is 11.0 Å². The van der Waals surface area contributed by atoms with Crippen LogP contribution >= 0.6 is 0 Å². The van der Waals surface area contributed by atoms with Gasteiger partial charge in [0.15, 0.2) is 0 Å². The van der Waals surface area contributed by atoms with Crippen LogP contribution in [0.25, 0.3) is 0 Å². The van der Waals surface area contributed by atoms with Gasteiger partial charge in [0.25, 0.3) is 0 Å². The highest BCUT2D eigenvalue weighted by atomic mass is 19.1. The lowest BCUT2D eigenvalue weighted by molar-refractivity contribution is -0.142. The SMILES string of the molecule is O=C(O)CCN(C(=O)[C@H]1CC(=O)N(c2ccc(F)cc2F)C1)C1CCOCC1. The normalized spacial score (nSPS) is 20.4. The van der Waals surface area contributed by atoms with Crippen molar-refractivity contribution in [2.75, 3.05) is 31.2 Å². The second-order valence-electron chi connectivity index (χ2n) is 7.02. The van der Waals surface area contributed by atoms with Gasteiger partial charge in [-0.25, -0.2) is 8.78 Å². The lowest BCUT2D eigenvalue weighted by atomic mass is 10.0. The van der Waals surface area contributed by atoms with Gasteiger partial charge in [-0.15, -0.1) is 0 Å². The van der Waals surface area contributed by atoms with Crippen molar-refractivity contribution >= 4 is 23.5 Å². The molecule has 2 fully saturated rings. The Hall–Kier alpha value is -2.55. The summed E-state index contributed by atoms with van der Waals surface area (Å²) < 4.78 is 32.5. The Balaban J connectivity index is 1.75. The monoisotopic (exact) mass is 396 g/mol. The third-order valence-corrected chi connectivity index (χ3v) is 5.16. The fourth-order valence-electron chi connectivity index (χ4n) is 3.73. The van der Waals surface area contributed by atoms with Crippen LogP contribution in [-0.4, -0.2) is 60.1 Å². The van der Waals surface area contributed by atoms with Crippen LogP contribution < -0.4 is 4.90 Å². The molecule has 0 aromatic heterocycles. The lowest BCUT2D eigenvalue weighted by Gasteiger charge is -2.35. The summed E-state index contributed by atoms with van der Waals surface area (Å²) in [5.41, 5.74) is -0.0650. The third kappa shape index (κ3) is 4.46. The molecule has 0 bridgehead atoms. The highest BCUT2D eigenvalue weighted by molar-refractivity contribution is 6.00. The van der Waals surface area contributed by atoms with Crippen molar-refractivity contribution in [1.82, 2.24) is 4.90 Å². The molecule has 1 N–H and O–H groups in total. The molecular formula is C19H22F2N2O5. The van der Waals surface area contributed by atoms with Gasteiger partial charge in [-0.3, -0.25) is 14.4 Å². The predicted octanol–water partition coefficient (Wildman–Crippen LogP) is 1.80. The van der Waals surface area contributed by atoms with Crippen LogP contribution in [0, 0.1) is 17.6 Å². The van der Waals surface area contributed by atoms with E-state index in [-0.39, 0.29) is 43.6 Å². The summed E-state index contributed by atoms with van der Waals surface area (Å²) >= 11 is 0. The molecule has 9 heteroatoms. The number of hydrogen-bond acceptors (Lipinski definition) is 4. The van der Waals surface area contributed by atoms with Crippen molar-refractivity contribution in [2.45, 2.75) is 31.7 Å². The van der Waals surface area contributed by atoms with E-state index in [9.17, 15) is 23.2 Å². The van der Waals surface area contributed by atoms with Crippen LogP contribution in [0.2, 0.25) is 0 Å². The topological polar surface area (TPSA) is 87.2 Å². The molecule has 0 radical (unpaired) electrons. The predicted molar refractivity (Wildman–Crippen MR) is 94.6 cm³/mol. The maximum atomic E-state index is 14.1. The average molecular weight is 396 g/mol. The lowest BCUT2D eigenvalue weighted by Crippen LogP contribution is -2.47. The van der Waals surface area contributed by atoms with Crippen molar-refractivity contribution in [3.63, 3.8) is 0 Å². The van der Waals surface area contributed by atoms with E-state index in [1.54, 1.807) is 0 Å². The minimum absolute atomic E-state index is 0.0208. The zero-order valence-corrected chi connectivity index (χ0v) is 15.3. The molecule has 2 aliphatic heterocycles. The summed E-state index contributed by atoms with van der Waals surface area (Å²) in [6.07, 6.45) is 0.910. The van der Waals surface area contributed by atoms with Gasteiger partial charge in [0, 0.05) is 44.8 Å². The van der Waals surface area contributed by atoms with Crippen LogP contribution in [-0.2, 0) is 19.1 Å². The van der Waals surface area contributed by atoms with Crippen LogP contribution in [0.4, 0.5) is 14.5 Å². The smallest absolute Gasteiger partial charge is 0.305 e. The highest BCUT2D eigenvalue weighted by Gasteiger charge is 2.40. The Morgan fingerprint density at radius 2 is 1.96 bits per heavy atom. The molecule has 2 amide bonds. The quantitative estimate of drug-likeness (QED) is 0.792. The van der Waals surface area contributed by atoms with E-state index in [2.05, 4.69) is 0 Å². The zero-order chi connectivity index (χ0) is 20.3. The highest BCUT2D eigenvalue weighted by Crippen LogP contribution is 2.30. The molecule has 0 spiro atoms. The number of rotatable bonds is 6. The zero-order valence-electron chi connectivity index (χ0n) is 15.3. The van der Waals surface area contributed by atoms with Crippen molar-refractivity contribution in [1.29, 1.82) is 0 Å². The van der Waals surface area contributed by atoms with Crippen LogP contribution in [0.3, 0.4) is 0 Å². The Morgan fingerprint density at radius 1 is 1.25 bits per heavy atom. The van der Waals surface area contributed by atoms with Crippen LogP contribution in [0.1, 0.15) is 25.7 Å². The molecule has 7 nitrogen and oxygen atoms in total. The molecular weight excluding hydrogens is 374 g/mol. The molecule has 0 aliphatic carbocycles. The van der Waals surface area contributed by atoms with E-state index >= 15 is 0 Å². The number of carbonyl (C=O) groups is 3. The molecule has 0 saturated carbocycles. The summed E-state index contributed by atoms with van der Waals surface area (Å²) in [6, 6.07) is 2.78. The molecule has 2 saturated heterocycles. The Labute approximate surface area is 160 Å². The fourth-order valence-corrected chi connectivity index (χ4v) is 3.73. The van der Waals surface area contributed by atoms with E-state index in [4.69, 9.17) is 9.84 Å². The number of carboxylic acid groups (broad SMARTS) is 1. The van der Waals surface area contributed by atoms with E-state index < -0.39 is 29.4 Å². The van der Waals surface area contributed by atoms with E-state index in [0.717, 1.165) is 11.0 Å². The molecule has 3 rings (SSSR count). The number of benzene rings is 1. The number of aliphatic carboxylic acids is 1. The molecule has 28 heavy (non-hydrogen) atoms. The van der Waals surface area contributed by atoms with Gasteiger partial charge in [0.1, 0.15) is 11.6 Å². The van der Waals surface area contributed by atoms with Gasteiger partial charge in [-0.05, 0) is 25.0 Å². The number of carboxylic acids is 1. The average Bonchev–Trinajstić information content (AvgIpc) is 3.04. The van der Waals surface area contributed by atoms with Crippen molar-refractivity contribution in [3.05, 3.63) is 29.8 Å². The maximum absolute atomic E-state index is 14.1. The minimum Gasteiger partial charge on any atom is -0.481 e. The summed E-state index contributed by atoms with van der Waals surface area (Å²) in [5, 5.41) is 9.00. The maximum Gasteiger partial charge on any atom is 0.305 e. The first-order valence-electron chi connectivity index (χ1n) is 9.22. The van der Waals surface area contributed by atoms with Gasteiger partial charge < -0.3 is 19.6 Å². The van der Waals surface area contributed by atoms with Crippen molar-refractivity contribution in [2.24, 2.45) is 5.92 Å². The number of amides is 2. The molecule has 1 aromatic carbocycles. The van der Waals surface area contributed by atoms with Gasteiger partial charge in [0.2, 0.25) is 11.8 Å². The van der Waals surface area contributed by atoms with Gasteiger partial charge in [-0.1, -0.05) is 0 Å². The Morgan fingerprint density at radius 3 is 2.61 bits per heavy atom. The first-order valence-corrected chi connectivity index (χ1v) is 9.22. The number of halogens is 2. The summed E-state index contributed by atoms with van der Waals surface area (Å²) in [6.45, 7) is 0.998. The van der Waals surface area contributed by atoms with E-state index in [1.807, 2.05) is 0 Å².